The molecule has 0 aliphatic carbocycles. The van der Waals surface area contributed by atoms with Crippen LogP contribution in [0, 0.1) is 5.92 Å². The normalized spacial score (nSPS) is 22.4. The highest BCUT2D eigenvalue weighted by Gasteiger charge is 2.33. The lowest BCUT2D eigenvalue weighted by Gasteiger charge is -2.34. The third-order valence-electron chi connectivity index (χ3n) is 3.85. The highest BCUT2D eigenvalue weighted by Crippen LogP contribution is 2.29. The number of rotatable bonds is 4. The van der Waals surface area contributed by atoms with E-state index in [9.17, 15) is 8.42 Å². The number of para-hydroxylation sites is 1. The maximum atomic E-state index is 12.7. The molecule has 0 bridgehead atoms. The standard InChI is InChI=1S/C14H22N2O3S/c1-11(15)12-6-5-9-16(10-12)20(17,18)14-8-4-3-7-13(14)19-2/h3-4,7-8,11-12H,5-6,9-10,15H2,1-2H3/t11-,12+/m0/s1. The second-order valence-electron chi connectivity index (χ2n) is 5.28. The molecule has 0 saturated carbocycles. The zero-order chi connectivity index (χ0) is 14.8. The van der Waals surface area contributed by atoms with Crippen molar-refractivity contribution in [1.82, 2.24) is 4.31 Å². The molecule has 1 heterocycles. The SMILES string of the molecule is COc1ccccc1S(=O)(=O)N1CCC[C@@H]([C@H](C)N)C1. The van der Waals surface area contributed by atoms with Gasteiger partial charge < -0.3 is 10.5 Å². The van der Waals surface area contributed by atoms with Crippen LogP contribution in [0.2, 0.25) is 0 Å². The van der Waals surface area contributed by atoms with E-state index < -0.39 is 10.0 Å². The summed E-state index contributed by atoms with van der Waals surface area (Å²) in [5, 5.41) is 0. The third-order valence-corrected chi connectivity index (χ3v) is 5.76. The van der Waals surface area contributed by atoms with E-state index in [1.54, 1.807) is 24.3 Å². The zero-order valence-electron chi connectivity index (χ0n) is 12.0. The first kappa shape index (κ1) is 15.3. The topological polar surface area (TPSA) is 72.6 Å². The van der Waals surface area contributed by atoms with Crippen molar-refractivity contribution in [1.29, 1.82) is 0 Å². The van der Waals surface area contributed by atoms with Gasteiger partial charge in [0.05, 0.1) is 7.11 Å². The van der Waals surface area contributed by atoms with Gasteiger partial charge in [0.25, 0.3) is 0 Å². The van der Waals surface area contributed by atoms with Crippen LogP contribution in [-0.4, -0.2) is 39.0 Å². The van der Waals surface area contributed by atoms with Crippen LogP contribution in [0.15, 0.2) is 29.2 Å². The van der Waals surface area contributed by atoms with E-state index in [0.29, 0.717) is 18.8 Å². The molecule has 20 heavy (non-hydrogen) atoms. The van der Waals surface area contributed by atoms with Crippen molar-refractivity contribution in [2.75, 3.05) is 20.2 Å². The zero-order valence-corrected chi connectivity index (χ0v) is 12.8. The number of sulfonamides is 1. The van der Waals surface area contributed by atoms with E-state index in [2.05, 4.69) is 0 Å². The van der Waals surface area contributed by atoms with Gasteiger partial charge in [-0.1, -0.05) is 12.1 Å². The average molecular weight is 298 g/mol. The molecule has 112 valence electrons. The molecule has 2 rings (SSSR count). The molecule has 5 nitrogen and oxygen atoms in total. The highest BCUT2D eigenvalue weighted by atomic mass is 32.2. The molecule has 1 aliphatic heterocycles. The van der Waals surface area contributed by atoms with Gasteiger partial charge in [0.1, 0.15) is 10.6 Å². The second kappa shape index (κ2) is 6.11. The molecule has 2 atom stereocenters. The van der Waals surface area contributed by atoms with Gasteiger partial charge in [-0.2, -0.15) is 4.31 Å². The summed E-state index contributed by atoms with van der Waals surface area (Å²) in [5.41, 5.74) is 5.92. The van der Waals surface area contributed by atoms with E-state index in [4.69, 9.17) is 10.5 Å². The molecule has 0 aromatic heterocycles. The largest absolute Gasteiger partial charge is 0.495 e. The van der Waals surface area contributed by atoms with Crippen LogP contribution in [0.4, 0.5) is 0 Å². The Kier molecular flexibility index (Phi) is 4.67. The van der Waals surface area contributed by atoms with Crippen molar-refractivity contribution in [3.05, 3.63) is 24.3 Å². The number of benzene rings is 1. The smallest absolute Gasteiger partial charge is 0.246 e. The number of nitrogens with zero attached hydrogens (tertiary/aromatic N) is 1. The van der Waals surface area contributed by atoms with Gasteiger partial charge in [-0.05, 0) is 37.8 Å². The maximum Gasteiger partial charge on any atom is 0.246 e. The fraction of sp³-hybridized carbons (Fsp3) is 0.571. The van der Waals surface area contributed by atoms with Crippen molar-refractivity contribution in [3.63, 3.8) is 0 Å². The maximum absolute atomic E-state index is 12.7. The van der Waals surface area contributed by atoms with Gasteiger partial charge in [0.2, 0.25) is 10.0 Å². The summed E-state index contributed by atoms with van der Waals surface area (Å²) < 4.78 is 32.2. The fourth-order valence-electron chi connectivity index (χ4n) is 2.59. The quantitative estimate of drug-likeness (QED) is 0.913. The average Bonchev–Trinajstić information content (AvgIpc) is 2.47. The Labute approximate surface area is 120 Å². The van der Waals surface area contributed by atoms with Crippen molar-refractivity contribution < 1.29 is 13.2 Å². The predicted molar refractivity (Wildman–Crippen MR) is 78.1 cm³/mol. The number of hydrogen-bond acceptors (Lipinski definition) is 4. The molecule has 0 amide bonds. The molecule has 1 aromatic rings. The van der Waals surface area contributed by atoms with Crippen LogP contribution in [0.5, 0.6) is 5.75 Å². The van der Waals surface area contributed by atoms with E-state index in [0.717, 1.165) is 12.8 Å². The number of nitrogens with two attached hydrogens (primary N) is 1. The molecular formula is C14H22N2O3S. The summed E-state index contributed by atoms with van der Waals surface area (Å²) in [7, 11) is -2.04. The summed E-state index contributed by atoms with van der Waals surface area (Å²) >= 11 is 0. The van der Waals surface area contributed by atoms with Gasteiger partial charge in [0.15, 0.2) is 0 Å². The fourth-order valence-corrected chi connectivity index (χ4v) is 4.28. The lowest BCUT2D eigenvalue weighted by molar-refractivity contribution is 0.242. The van der Waals surface area contributed by atoms with Gasteiger partial charge in [-0.15, -0.1) is 0 Å². The lowest BCUT2D eigenvalue weighted by atomic mass is 9.93. The van der Waals surface area contributed by atoms with Crippen LogP contribution in [0.3, 0.4) is 0 Å². The first-order chi connectivity index (χ1) is 9.46. The van der Waals surface area contributed by atoms with Crippen LogP contribution in [-0.2, 0) is 10.0 Å². The molecular weight excluding hydrogens is 276 g/mol. The minimum Gasteiger partial charge on any atom is -0.495 e. The van der Waals surface area contributed by atoms with Gasteiger partial charge in [-0.25, -0.2) is 8.42 Å². The molecule has 1 saturated heterocycles. The van der Waals surface area contributed by atoms with Gasteiger partial charge in [-0.3, -0.25) is 0 Å². The Morgan fingerprint density at radius 3 is 2.75 bits per heavy atom. The summed E-state index contributed by atoms with van der Waals surface area (Å²) in [6, 6.07) is 6.73. The van der Waals surface area contributed by atoms with Crippen molar-refractivity contribution in [2.45, 2.75) is 30.7 Å². The monoisotopic (exact) mass is 298 g/mol. The molecule has 1 aliphatic rings. The molecule has 0 unspecified atom stereocenters. The van der Waals surface area contributed by atoms with Crippen molar-refractivity contribution in [2.24, 2.45) is 11.7 Å². The molecule has 2 N–H and O–H groups in total. The number of hydrogen-bond donors (Lipinski definition) is 1. The Hall–Kier alpha value is -1.11. The van der Waals surface area contributed by atoms with E-state index >= 15 is 0 Å². The summed E-state index contributed by atoms with van der Waals surface area (Å²) in [5.74, 6) is 0.601. The first-order valence-corrected chi connectivity index (χ1v) is 8.29. The Morgan fingerprint density at radius 1 is 1.40 bits per heavy atom. The third kappa shape index (κ3) is 2.97. The second-order valence-corrected chi connectivity index (χ2v) is 7.18. The van der Waals surface area contributed by atoms with Crippen LogP contribution in [0.1, 0.15) is 19.8 Å². The molecule has 0 radical (unpaired) electrons. The van der Waals surface area contributed by atoms with Crippen LogP contribution in [0.25, 0.3) is 0 Å². The number of methoxy groups -OCH3 is 1. The van der Waals surface area contributed by atoms with Crippen LogP contribution >= 0.6 is 0 Å². The lowest BCUT2D eigenvalue weighted by Crippen LogP contribution is -2.45. The van der Waals surface area contributed by atoms with E-state index in [1.165, 1.54) is 11.4 Å². The van der Waals surface area contributed by atoms with E-state index in [1.807, 2.05) is 6.92 Å². The van der Waals surface area contributed by atoms with Gasteiger partial charge >= 0.3 is 0 Å². The molecule has 1 aromatic carbocycles. The van der Waals surface area contributed by atoms with Crippen LogP contribution < -0.4 is 10.5 Å². The number of piperidine rings is 1. The summed E-state index contributed by atoms with van der Waals surface area (Å²) in [4.78, 5) is 0.229. The Bertz CT molecular complexity index is 557. The molecule has 1 fully saturated rings. The first-order valence-electron chi connectivity index (χ1n) is 6.85. The molecule has 6 heteroatoms. The Balaban J connectivity index is 2.30. The highest BCUT2D eigenvalue weighted by molar-refractivity contribution is 7.89. The summed E-state index contributed by atoms with van der Waals surface area (Å²) in [6.07, 6.45) is 1.83. The van der Waals surface area contributed by atoms with Crippen molar-refractivity contribution in [3.8, 4) is 5.75 Å². The van der Waals surface area contributed by atoms with Gasteiger partial charge in [0, 0.05) is 19.1 Å². The number of ether oxygens (including phenoxy) is 1. The molecule has 0 spiro atoms. The summed E-state index contributed by atoms with van der Waals surface area (Å²) in [6.45, 7) is 2.96. The van der Waals surface area contributed by atoms with Crippen molar-refractivity contribution >= 4 is 10.0 Å². The van der Waals surface area contributed by atoms with E-state index in [-0.39, 0.29) is 16.9 Å². The minimum absolute atomic E-state index is 0.00525. The Morgan fingerprint density at radius 2 is 2.10 bits per heavy atom. The minimum atomic E-state index is -3.52. The predicted octanol–water partition coefficient (Wildman–Crippen LogP) is 1.44.